The molecule has 4 aliphatic rings. The molecule has 250 valence electrons. The van der Waals surface area contributed by atoms with Gasteiger partial charge in [0.05, 0.1) is 40.5 Å². The number of rotatable bonds is 4. The van der Waals surface area contributed by atoms with Crippen molar-refractivity contribution in [2.24, 2.45) is 11.8 Å². The highest BCUT2D eigenvalue weighted by atomic mass is 35.5. The predicted octanol–water partition coefficient (Wildman–Crippen LogP) is 5.37. The molecule has 2 aromatic carbocycles. The van der Waals surface area contributed by atoms with Gasteiger partial charge in [-0.25, -0.2) is 12.6 Å². The molecule has 2 aliphatic heterocycles. The molecule has 1 unspecified atom stereocenters. The van der Waals surface area contributed by atoms with E-state index < -0.39 is 25.5 Å². The van der Waals surface area contributed by atoms with Crippen molar-refractivity contribution in [1.29, 1.82) is 0 Å². The van der Waals surface area contributed by atoms with Gasteiger partial charge in [0.1, 0.15) is 15.6 Å². The molecule has 11 heteroatoms. The Hall–Kier alpha value is -2.53. The smallest absolute Gasteiger partial charge is 0.262 e. The lowest BCUT2D eigenvalue weighted by molar-refractivity contribution is -0.00783. The highest BCUT2D eigenvalue weighted by Gasteiger charge is 2.44. The zero-order valence-electron chi connectivity index (χ0n) is 26.7. The van der Waals surface area contributed by atoms with Crippen molar-refractivity contribution in [3.8, 4) is 5.75 Å². The monoisotopic (exact) mass is 688 g/mol. The minimum absolute atomic E-state index is 0.0272. The molecule has 1 spiro atoms. The Morgan fingerprint density at radius 1 is 1.20 bits per heavy atom. The van der Waals surface area contributed by atoms with Crippen molar-refractivity contribution in [2.75, 3.05) is 43.2 Å². The van der Waals surface area contributed by atoms with E-state index in [0.717, 1.165) is 55.1 Å². The number of amides is 1. The number of hydrogen-bond donors (Lipinski definition) is 1. The first kappa shape index (κ1) is 33.4. The summed E-state index contributed by atoms with van der Waals surface area (Å²) < 4.78 is 53.0. The Balaban J connectivity index is 1.39. The molecule has 1 saturated carbocycles. The zero-order chi connectivity index (χ0) is 32.7. The summed E-state index contributed by atoms with van der Waals surface area (Å²) in [5.41, 5.74) is 3.52. The van der Waals surface area contributed by atoms with Gasteiger partial charge in [0.15, 0.2) is 0 Å². The summed E-state index contributed by atoms with van der Waals surface area (Å²) in [6, 6.07) is 11.7. The number of anilines is 1. The fourth-order valence-electron chi connectivity index (χ4n) is 7.52. The maximum atomic E-state index is 13.6. The molecule has 2 bridgehead atoms. The van der Waals surface area contributed by atoms with Gasteiger partial charge in [-0.2, -0.15) is 0 Å². The van der Waals surface area contributed by atoms with Crippen LogP contribution >= 0.6 is 11.6 Å². The molecule has 2 aromatic rings. The van der Waals surface area contributed by atoms with Gasteiger partial charge in [-0.1, -0.05) is 29.8 Å². The summed E-state index contributed by atoms with van der Waals surface area (Å²) in [6.45, 7) is 3.93. The molecule has 46 heavy (non-hydrogen) atoms. The molecule has 1 amide bonds. The van der Waals surface area contributed by atoms with Crippen LogP contribution in [-0.4, -0.2) is 74.1 Å². The minimum atomic E-state index is -3.16. The second-order valence-corrected chi connectivity index (χ2v) is 18.9. The fraction of sp³-hybridized carbons (Fsp3) is 0.543. The summed E-state index contributed by atoms with van der Waals surface area (Å²) in [6.07, 6.45) is 11.3. The van der Waals surface area contributed by atoms with Crippen LogP contribution in [0.2, 0.25) is 5.02 Å². The number of hydrogen-bond acceptors (Lipinski definition) is 7. The minimum Gasteiger partial charge on any atom is -0.490 e. The molecule has 8 nitrogen and oxygen atoms in total. The van der Waals surface area contributed by atoms with Crippen molar-refractivity contribution < 1.29 is 26.9 Å². The molecule has 1 fully saturated rings. The van der Waals surface area contributed by atoms with Crippen LogP contribution in [0.15, 0.2) is 48.6 Å². The van der Waals surface area contributed by atoms with E-state index in [-0.39, 0.29) is 35.0 Å². The number of benzene rings is 2. The lowest BCUT2D eigenvalue weighted by Gasteiger charge is -2.46. The Bertz CT molecular complexity index is 1730. The number of sulfone groups is 1. The summed E-state index contributed by atoms with van der Waals surface area (Å²) in [5, 5.41) is 0.383. The van der Waals surface area contributed by atoms with E-state index in [1.807, 2.05) is 31.2 Å². The van der Waals surface area contributed by atoms with Gasteiger partial charge in [0.2, 0.25) is 0 Å². The van der Waals surface area contributed by atoms with E-state index >= 15 is 0 Å². The average molecular weight is 689 g/mol. The number of carbonyl (C=O) groups is 1. The highest BCUT2D eigenvalue weighted by molar-refractivity contribution is 7.99. The van der Waals surface area contributed by atoms with Gasteiger partial charge in [-0.3, -0.25) is 9.52 Å². The Morgan fingerprint density at radius 2 is 2.02 bits per heavy atom. The maximum Gasteiger partial charge on any atom is 0.262 e. The van der Waals surface area contributed by atoms with Crippen LogP contribution in [0.25, 0.3) is 0 Å². The summed E-state index contributed by atoms with van der Waals surface area (Å²) >= 11 is 6.43. The molecule has 6 rings (SSSR count). The first-order valence-corrected chi connectivity index (χ1v) is 20.5. The molecular weight excluding hydrogens is 644 g/mol. The third-order valence-corrected chi connectivity index (χ3v) is 13.6. The Labute approximate surface area is 278 Å². The Morgan fingerprint density at radius 3 is 2.78 bits per heavy atom. The number of nitrogens with zero attached hydrogens (tertiary/aromatic N) is 1. The predicted molar refractivity (Wildman–Crippen MR) is 186 cm³/mol. The van der Waals surface area contributed by atoms with Crippen LogP contribution in [0.1, 0.15) is 66.9 Å². The molecule has 6 atom stereocenters. The van der Waals surface area contributed by atoms with Crippen LogP contribution in [0.4, 0.5) is 5.69 Å². The van der Waals surface area contributed by atoms with Crippen LogP contribution in [0.3, 0.4) is 0 Å². The fourth-order valence-corrected chi connectivity index (χ4v) is 9.26. The first-order valence-electron chi connectivity index (χ1n) is 16.3. The van der Waals surface area contributed by atoms with Gasteiger partial charge >= 0.3 is 0 Å². The van der Waals surface area contributed by atoms with Crippen LogP contribution < -0.4 is 14.4 Å². The molecule has 2 heterocycles. The lowest BCUT2D eigenvalue weighted by Crippen LogP contribution is -2.49. The normalized spacial score (nSPS) is 32.2. The SMILES string of the molecule is C=S1(=O)NC(=O)c2ccc3c(c2)N(C[C@@H]2CC[C@H]2[C@@H](OCCS(C)(=O)=O)/C=C/CC[C@H]1C)C[C@@]1(CCCc2cc(Cl)ccc21)CO3. The number of fused-ring (bicyclic) bond motifs is 4. The average Bonchev–Trinajstić information content (AvgIpc) is 3.12. The third kappa shape index (κ3) is 7.15. The van der Waals surface area contributed by atoms with E-state index in [2.05, 4.69) is 33.7 Å². The van der Waals surface area contributed by atoms with Crippen molar-refractivity contribution in [3.63, 3.8) is 0 Å². The first-order chi connectivity index (χ1) is 21.8. The van der Waals surface area contributed by atoms with Crippen molar-refractivity contribution >= 4 is 48.6 Å². The topological polar surface area (TPSA) is 102 Å². The van der Waals surface area contributed by atoms with E-state index in [4.69, 9.17) is 21.1 Å². The summed E-state index contributed by atoms with van der Waals surface area (Å²) in [4.78, 5) is 15.9. The second kappa shape index (κ2) is 13.2. The largest absolute Gasteiger partial charge is 0.490 e. The highest BCUT2D eigenvalue weighted by Crippen LogP contribution is 2.47. The van der Waals surface area contributed by atoms with E-state index in [9.17, 15) is 17.4 Å². The maximum absolute atomic E-state index is 13.6. The molecule has 2 aliphatic carbocycles. The third-order valence-electron chi connectivity index (χ3n) is 10.4. The number of ether oxygens (including phenoxy) is 2. The second-order valence-electron chi connectivity index (χ2n) is 13.7. The van der Waals surface area contributed by atoms with Crippen molar-refractivity contribution in [2.45, 2.75) is 68.6 Å². The van der Waals surface area contributed by atoms with Gasteiger partial charge in [0, 0.05) is 40.6 Å². The number of halogens is 1. The quantitative estimate of drug-likeness (QED) is 0.341. The van der Waals surface area contributed by atoms with Gasteiger partial charge in [-0.05, 0) is 111 Å². The van der Waals surface area contributed by atoms with Crippen LogP contribution in [0.5, 0.6) is 5.75 Å². The van der Waals surface area contributed by atoms with Gasteiger partial charge < -0.3 is 14.4 Å². The standard InChI is InChI=1S/C35H45ClN2O6S2/c1-24-7-4-5-9-32(43-17-18-45(2,40)41)29-13-10-27(29)21-38-22-35(16-6-8-25-19-28(36)12-14-30(25)35)23-44-33-15-11-26(20-31(33)38)34(39)37-46(24,3)42/h5,9,11-12,14-15,19-20,24,27,29,32H,3-4,6-8,10,13,16-18,21-23H2,1-2H3,(H,37,39,42)/b9-5+/t24-,27+,29-,32+,35+,46?/m1/s1. The summed E-state index contributed by atoms with van der Waals surface area (Å²) in [7, 11) is -6.09. The van der Waals surface area contributed by atoms with Crippen molar-refractivity contribution in [1.82, 2.24) is 4.72 Å². The zero-order valence-corrected chi connectivity index (χ0v) is 29.1. The molecular formula is C35H45ClN2O6S2. The number of carbonyl (C=O) groups excluding carboxylic acids is 1. The Kier molecular flexibility index (Phi) is 9.56. The van der Waals surface area contributed by atoms with E-state index in [1.54, 1.807) is 6.07 Å². The van der Waals surface area contributed by atoms with Crippen LogP contribution in [-0.2, 0) is 36.1 Å². The lowest BCUT2D eigenvalue weighted by atomic mass is 9.68. The summed E-state index contributed by atoms with van der Waals surface area (Å²) in [5.74, 6) is 4.71. The number of nitrogens with one attached hydrogen (secondary N) is 1. The number of aryl methyl sites for hydroxylation is 1. The van der Waals surface area contributed by atoms with E-state index in [1.165, 1.54) is 17.4 Å². The molecule has 0 radical (unpaired) electrons. The van der Waals surface area contributed by atoms with Crippen LogP contribution in [0, 0.1) is 11.8 Å². The van der Waals surface area contributed by atoms with Crippen molar-refractivity contribution in [3.05, 3.63) is 70.3 Å². The van der Waals surface area contributed by atoms with Gasteiger partial charge in [0.25, 0.3) is 5.91 Å². The molecule has 1 N–H and O–H groups in total. The molecule has 0 aromatic heterocycles. The molecule has 0 saturated heterocycles. The number of allylic oxidation sites excluding steroid dienone is 1. The van der Waals surface area contributed by atoms with Gasteiger partial charge in [-0.15, -0.1) is 0 Å². The van der Waals surface area contributed by atoms with E-state index in [0.29, 0.717) is 37.5 Å².